The number of nitrogens with zero attached hydrogens (tertiary/aromatic N) is 2. The highest BCUT2D eigenvalue weighted by atomic mass is 19.2. The maximum atomic E-state index is 13.6. The van der Waals surface area contributed by atoms with Gasteiger partial charge in [-0.15, -0.1) is 5.10 Å². The maximum Gasteiger partial charge on any atom is 0.320 e. The molecule has 0 spiro atoms. The molecule has 0 fully saturated rings. The fraction of sp³-hybridized carbons (Fsp3) is 0.0667. The molecule has 0 saturated carbocycles. The molecule has 7 heteroatoms. The van der Waals surface area contributed by atoms with Crippen LogP contribution in [-0.2, 0) is 0 Å². The van der Waals surface area contributed by atoms with E-state index in [0.29, 0.717) is 0 Å². The summed E-state index contributed by atoms with van der Waals surface area (Å²) in [4.78, 5) is 0. The van der Waals surface area contributed by atoms with Crippen molar-refractivity contribution in [2.75, 3.05) is 5.32 Å². The van der Waals surface area contributed by atoms with Crippen molar-refractivity contribution in [2.24, 2.45) is 0 Å². The third-order valence-corrected chi connectivity index (χ3v) is 3.08. The van der Waals surface area contributed by atoms with E-state index in [9.17, 15) is 13.2 Å². The Morgan fingerprint density at radius 1 is 0.955 bits per heavy atom. The molecule has 0 aliphatic heterocycles. The van der Waals surface area contributed by atoms with Crippen LogP contribution >= 0.6 is 0 Å². The number of benzene rings is 2. The molecular formula is C15H10F3N3O. The second-order valence-electron chi connectivity index (χ2n) is 4.58. The van der Waals surface area contributed by atoms with Crippen LogP contribution < -0.4 is 5.32 Å². The Hall–Kier alpha value is -2.83. The molecule has 3 rings (SSSR count). The summed E-state index contributed by atoms with van der Waals surface area (Å²) in [6, 6.07) is 9.08. The third-order valence-electron chi connectivity index (χ3n) is 3.08. The van der Waals surface area contributed by atoms with Crippen LogP contribution in [0.5, 0.6) is 0 Å². The van der Waals surface area contributed by atoms with Crippen LogP contribution in [0.4, 0.5) is 24.9 Å². The lowest BCUT2D eigenvalue weighted by molar-refractivity contribution is 0.449. The highest BCUT2D eigenvalue weighted by Gasteiger charge is 2.16. The summed E-state index contributed by atoms with van der Waals surface area (Å²) in [5.74, 6) is -3.95. The Balaban J connectivity index is 1.90. The Kier molecular flexibility index (Phi) is 3.54. The normalized spacial score (nSPS) is 10.7. The molecule has 0 atom stereocenters. The number of nitrogens with one attached hydrogen (secondary N) is 1. The van der Waals surface area contributed by atoms with Gasteiger partial charge in [0.2, 0.25) is 5.89 Å². The summed E-state index contributed by atoms with van der Waals surface area (Å²) in [5.41, 5.74) is 1.37. The van der Waals surface area contributed by atoms with Gasteiger partial charge in [-0.3, -0.25) is 0 Å². The van der Waals surface area contributed by atoms with E-state index in [0.717, 1.165) is 23.3 Å². The van der Waals surface area contributed by atoms with E-state index in [-0.39, 0.29) is 17.6 Å². The zero-order valence-electron chi connectivity index (χ0n) is 11.4. The summed E-state index contributed by atoms with van der Waals surface area (Å²) in [5, 5.41) is 9.98. The summed E-state index contributed by atoms with van der Waals surface area (Å²) in [7, 11) is 0. The average Bonchev–Trinajstić information content (AvgIpc) is 2.97. The molecule has 0 bridgehead atoms. The zero-order valence-corrected chi connectivity index (χ0v) is 11.4. The molecule has 22 heavy (non-hydrogen) atoms. The molecule has 0 aliphatic rings. The first kappa shape index (κ1) is 14.1. The second-order valence-corrected chi connectivity index (χ2v) is 4.58. The number of aromatic nitrogens is 2. The predicted octanol–water partition coefficient (Wildman–Crippen LogP) is 4.21. The third kappa shape index (κ3) is 2.52. The Bertz CT molecular complexity index is 833. The van der Waals surface area contributed by atoms with Gasteiger partial charge in [0, 0.05) is 5.56 Å². The molecule has 112 valence electrons. The Morgan fingerprint density at radius 3 is 2.50 bits per heavy atom. The zero-order chi connectivity index (χ0) is 15.7. The molecule has 1 N–H and O–H groups in total. The van der Waals surface area contributed by atoms with Crippen molar-refractivity contribution in [3.8, 4) is 11.5 Å². The smallest absolute Gasteiger partial charge is 0.320 e. The molecular weight excluding hydrogens is 295 g/mol. The topological polar surface area (TPSA) is 51.0 Å². The van der Waals surface area contributed by atoms with Crippen molar-refractivity contribution in [2.45, 2.75) is 6.92 Å². The van der Waals surface area contributed by atoms with Gasteiger partial charge in [-0.05, 0) is 30.7 Å². The molecule has 1 aromatic heterocycles. The van der Waals surface area contributed by atoms with Gasteiger partial charge in [-0.1, -0.05) is 23.3 Å². The quantitative estimate of drug-likeness (QED) is 0.737. The monoisotopic (exact) mass is 305 g/mol. The van der Waals surface area contributed by atoms with Crippen LogP contribution in [-0.4, -0.2) is 10.2 Å². The van der Waals surface area contributed by atoms with Crippen molar-refractivity contribution in [3.63, 3.8) is 0 Å². The van der Waals surface area contributed by atoms with E-state index in [2.05, 4.69) is 15.5 Å². The summed E-state index contributed by atoms with van der Waals surface area (Å²) in [6.45, 7) is 1.88. The molecule has 0 unspecified atom stereocenters. The summed E-state index contributed by atoms with van der Waals surface area (Å²) in [6.07, 6.45) is 0. The SMILES string of the molecule is Cc1ccccc1-c1nnc(Nc2ccc(F)c(F)c2F)o1. The van der Waals surface area contributed by atoms with E-state index in [1.807, 2.05) is 25.1 Å². The lowest BCUT2D eigenvalue weighted by atomic mass is 10.1. The van der Waals surface area contributed by atoms with E-state index >= 15 is 0 Å². The first-order valence-electron chi connectivity index (χ1n) is 6.36. The molecule has 4 nitrogen and oxygen atoms in total. The average molecular weight is 305 g/mol. The van der Waals surface area contributed by atoms with Crippen molar-refractivity contribution >= 4 is 11.7 Å². The molecule has 0 radical (unpaired) electrons. The van der Waals surface area contributed by atoms with Crippen LogP contribution in [0.2, 0.25) is 0 Å². The van der Waals surface area contributed by atoms with Crippen LogP contribution in [0.15, 0.2) is 40.8 Å². The van der Waals surface area contributed by atoms with Gasteiger partial charge >= 0.3 is 6.01 Å². The first-order chi connectivity index (χ1) is 10.6. The van der Waals surface area contributed by atoms with Crippen LogP contribution in [0.25, 0.3) is 11.5 Å². The minimum Gasteiger partial charge on any atom is -0.403 e. The number of hydrogen-bond donors (Lipinski definition) is 1. The van der Waals surface area contributed by atoms with Crippen molar-refractivity contribution in [1.82, 2.24) is 10.2 Å². The highest BCUT2D eigenvalue weighted by Crippen LogP contribution is 2.26. The van der Waals surface area contributed by atoms with Gasteiger partial charge < -0.3 is 9.73 Å². The molecule has 0 amide bonds. The van der Waals surface area contributed by atoms with Crippen LogP contribution in [0.3, 0.4) is 0 Å². The summed E-state index contributed by atoms with van der Waals surface area (Å²) < 4.78 is 45.0. The lowest BCUT2D eigenvalue weighted by Crippen LogP contribution is -1.98. The van der Waals surface area contributed by atoms with Crippen LogP contribution in [0.1, 0.15) is 5.56 Å². The maximum absolute atomic E-state index is 13.6. The second kappa shape index (κ2) is 5.51. The van der Waals surface area contributed by atoms with Gasteiger partial charge in [0.25, 0.3) is 0 Å². The molecule has 3 aromatic rings. The number of aryl methyl sites for hydroxylation is 1. The molecule has 2 aromatic carbocycles. The minimum absolute atomic E-state index is 0.122. The van der Waals surface area contributed by atoms with Crippen molar-refractivity contribution in [1.29, 1.82) is 0 Å². The van der Waals surface area contributed by atoms with Crippen molar-refractivity contribution < 1.29 is 17.6 Å². The van der Waals surface area contributed by atoms with Gasteiger partial charge in [0.1, 0.15) is 0 Å². The number of anilines is 2. The van der Waals surface area contributed by atoms with Gasteiger partial charge in [0.05, 0.1) is 5.69 Å². The molecule has 1 heterocycles. The Labute approximate surface area is 123 Å². The number of hydrogen-bond acceptors (Lipinski definition) is 4. The standard InChI is InChI=1S/C15H10F3N3O/c1-8-4-2-3-5-9(8)14-20-21-15(22-14)19-11-7-6-10(16)12(17)13(11)18/h2-7H,1H3,(H,19,21). The van der Waals surface area contributed by atoms with E-state index in [1.54, 1.807) is 6.07 Å². The van der Waals surface area contributed by atoms with Crippen molar-refractivity contribution in [3.05, 3.63) is 59.4 Å². The van der Waals surface area contributed by atoms with Gasteiger partial charge in [0.15, 0.2) is 17.5 Å². The molecule has 0 aliphatic carbocycles. The number of rotatable bonds is 3. The fourth-order valence-corrected chi connectivity index (χ4v) is 1.93. The highest BCUT2D eigenvalue weighted by molar-refractivity contribution is 5.60. The Morgan fingerprint density at radius 2 is 1.73 bits per heavy atom. The fourth-order valence-electron chi connectivity index (χ4n) is 1.93. The first-order valence-corrected chi connectivity index (χ1v) is 6.36. The lowest BCUT2D eigenvalue weighted by Gasteiger charge is -2.04. The summed E-state index contributed by atoms with van der Waals surface area (Å²) >= 11 is 0. The van der Waals surface area contributed by atoms with E-state index in [4.69, 9.17) is 4.42 Å². The van der Waals surface area contributed by atoms with E-state index < -0.39 is 17.5 Å². The van der Waals surface area contributed by atoms with Crippen LogP contribution in [0, 0.1) is 24.4 Å². The minimum atomic E-state index is -1.57. The number of halogens is 3. The largest absolute Gasteiger partial charge is 0.403 e. The molecule has 0 saturated heterocycles. The van der Waals surface area contributed by atoms with E-state index in [1.165, 1.54) is 0 Å². The predicted molar refractivity (Wildman–Crippen MR) is 74.1 cm³/mol. The van der Waals surface area contributed by atoms with Gasteiger partial charge in [-0.2, -0.15) is 0 Å². The van der Waals surface area contributed by atoms with Gasteiger partial charge in [-0.25, -0.2) is 13.2 Å².